The Hall–Kier alpha value is -1.68. The van der Waals surface area contributed by atoms with Gasteiger partial charge in [-0.2, -0.15) is 0 Å². The number of anilines is 1. The highest BCUT2D eigenvalue weighted by molar-refractivity contribution is 7.15. The lowest BCUT2D eigenvalue weighted by Crippen LogP contribution is -2.13. The molecule has 0 aliphatic heterocycles. The number of aromatic nitrogens is 1. The van der Waals surface area contributed by atoms with Gasteiger partial charge >= 0.3 is 0 Å². The maximum absolute atomic E-state index is 11.9. The van der Waals surface area contributed by atoms with E-state index in [-0.39, 0.29) is 11.8 Å². The first-order chi connectivity index (χ1) is 10.3. The second-order valence-electron chi connectivity index (χ2n) is 5.94. The number of benzene rings is 1. The molecule has 2 aliphatic rings. The van der Waals surface area contributed by atoms with Gasteiger partial charge in [-0.1, -0.05) is 12.1 Å². The second-order valence-corrected chi connectivity index (χ2v) is 7.02. The molecule has 2 aromatic rings. The van der Waals surface area contributed by atoms with Crippen molar-refractivity contribution in [1.82, 2.24) is 4.98 Å². The molecule has 1 N–H and O–H groups in total. The van der Waals surface area contributed by atoms with Crippen LogP contribution in [0, 0.1) is 5.92 Å². The highest BCUT2D eigenvalue weighted by Crippen LogP contribution is 2.34. The van der Waals surface area contributed by atoms with Crippen molar-refractivity contribution in [2.75, 3.05) is 5.32 Å². The monoisotopic (exact) mass is 298 g/mol. The fourth-order valence-corrected chi connectivity index (χ4v) is 3.94. The van der Waals surface area contributed by atoms with Crippen LogP contribution in [0.1, 0.15) is 36.3 Å². The largest absolute Gasteiger partial charge is 0.326 e. The number of hydrogen-bond acceptors (Lipinski definition) is 3. The van der Waals surface area contributed by atoms with Gasteiger partial charge in [0.2, 0.25) is 5.91 Å². The van der Waals surface area contributed by atoms with E-state index in [1.165, 1.54) is 29.8 Å². The zero-order valence-electron chi connectivity index (χ0n) is 11.9. The third-order valence-electron chi connectivity index (χ3n) is 4.17. The van der Waals surface area contributed by atoms with E-state index >= 15 is 0 Å². The molecule has 21 heavy (non-hydrogen) atoms. The topological polar surface area (TPSA) is 42.0 Å². The first-order valence-corrected chi connectivity index (χ1v) is 8.51. The van der Waals surface area contributed by atoms with E-state index in [2.05, 4.69) is 11.4 Å². The van der Waals surface area contributed by atoms with Gasteiger partial charge in [0.1, 0.15) is 5.01 Å². The molecule has 1 heterocycles. The zero-order valence-corrected chi connectivity index (χ0v) is 12.7. The molecule has 4 rings (SSSR count). The van der Waals surface area contributed by atoms with Gasteiger partial charge in [-0.3, -0.25) is 4.79 Å². The van der Waals surface area contributed by atoms with Crippen LogP contribution in [0.4, 0.5) is 5.69 Å². The first kappa shape index (κ1) is 13.0. The minimum atomic E-state index is 0.158. The van der Waals surface area contributed by atoms with E-state index in [0.29, 0.717) is 0 Å². The van der Waals surface area contributed by atoms with Crippen LogP contribution in [0.3, 0.4) is 0 Å². The summed E-state index contributed by atoms with van der Waals surface area (Å²) >= 11 is 1.81. The Bertz CT molecular complexity index is 664. The summed E-state index contributed by atoms with van der Waals surface area (Å²) in [6.45, 7) is 0. The highest BCUT2D eigenvalue weighted by atomic mass is 32.1. The number of nitrogens with one attached hydrogen (secondary N) is 1. The number of hydrogen-bond donors (Lipinski definition) is 1. The van der Waals surface area contributed by atoms with Crippen LogP contribution < -0.4 is 5.32 Å². The van der Waals surface area contributed by atoms with Crippen LogP contribution in [0.15, 0.2) is 24.3 Å². The lowest BCUT2D eigenvalue weighted by Gasteiger charge is -2.06. The predicted octanol–water partition coefficient (Wildman–Crippen LogP) is 4.04. The van der Waals surface area contributed by atoms with Gasteiger partial charge in [0.25, 0.3) is 0 Å². The summed E-state index contributed by atoms with van der Waals surface area (Å²) in [7, 11) is 0. The summed E-state index contributed by atoms with van der Waals surface area (Å²) in [5, 5.41) is 4.10. The Labute approximate surface area is 128 Å². The highest BCUT2D eigenvalue weighted by Gasteiger charge is 2.29. The molecule has 1 saturated carbocycles. The van der Waals surface area contributed by atoms with Gasteiger partial charge < -0.3 is 5.32 Å². The maximum Gasteiger partial charge on any atom is 0.227 e. The Morgan fingerprint density at radius 1 is 1.24 bits per heavy atom. The average molecular weight is 298 g/mol. The van der Waals surface area contributed by atoms with Crippen LogP contribution in [0.5, 0.6) is 0 Å². The van der Waals surface area contributed by atoms with Gasteiger partial charge in [0, 0.05) is 22.0 Å². The zero-order chi connectivity index (χ0) is 14.2. The molecule has 4 heteroatoms. The molecule has 2 aliphatic carbocycles. The number of carbonyl (C=O) groups excluding carboxylic acids is 1. The smallest absolute Gasteiger partial charge is 0.227 e. The van der Waals surface area contributed by atoms with Crippen LogP contribution in [0.2, 0.25) is 0 Å². The number of amides is 1. The normalized spacial score (nSPS) is 17.3. The molecule has 0 saturated heterocycles. The van der Waals surface area contributed by atoms with Crippen molar-refractivity contribution in [2.45, 2.75) is 38.5 Å². The van der Waals surface area contributed by atoms with Gasteiger partial charge in [-0.05, 0) is 50.7 Å². The third kappa shape index (κ3) is 2.72. The summed E-state index contributed by atoms with van der Waals surface area (Å²) in [6, 6.07) is 8.08. The number of carbonyl (C=O) groups is 1. The van der Waals surface area contributed by atoms with Crippen LogP contribution in [-0.4, -0.2) is 10.9 Å². The lowest BCUT2D eigenvalue weighted by atomic mass is 10.0. The molecule has 0 spiro atoms. The van der Waals surface area contributed by atoms with Gasteiger partial charge in [0.05, 0.1) is 5.69 Å². The Morgan fingerprint density at radius 3 is 2.90 bits per heavy atom. The molecule has 1 amide bonds. The Morgan fingerprint density at radius 2 is 2.10 bits per heavy atom. The molecule has 3 nitrogen and oxygen atoms in total. The minimum Gasteiger partial charge on any atom is -0.326 e. The molecule has 0 atom stereocenters. The van der Waals surface area contributed by atoms with Gasteiger partial charge in [-0.25, -0.2) is 4.98 Å². The van der Waals surface area contributed by atoms with E-state index < -0.39 is 0 Å². The molecule has 0 bridgehead atoms. The summed E-state index contributed by atoms with van der Waals surface area (Å²) in [6.07, 6.45) is 6.89. The van der Waals surface area contributed by atoms with Gasteiger partial charge in [-0.15, -0.1) is 11.3 Å². The SMILES string of the molecule is O=C(Nc1cccc(-c2nc3c(s2)CCCC3)c1)C1CC1. The molecular formula is C17H18N2OS. The Balaban J connectivity index is 1.59. The van der Waals surface area contributed by atoms with Crippen LogP contribution in [-0.2, 0) is 17.6 Å². The number of fused-ring (bicyclic) bond motifs is 1. The summed E-state index contributed by atoms with van der Waals surface area (Å²) in [5.74, 6) is 0.395. The van der Waals surface area contributed by atoms with Crippen molar-refractivity contribution in [3.05, 3.63) is 34.8 Å². The predicted molar refractivity (Wildman–Crippen MR) is 85.5 cm³/mol. The number of nitrogens with zero attached hydrogens (tertiary/aromatic N) is 1. The number of aryl methyl sites for hydroxylation is 2. The third-order valence-corrected chi connectivity index (χ3v) is 5.38. The molecule has 1 aromatic carbocycles. The maximum atomic E-state index is 11.9. The second kappa shape index (κ2) is 5.26. The van der Waals surface area contributed by atoms with Crippen molar-refractivity contribution >= 4 is 22.9 Å². The summed E-state index contributed by atoms with van der Waals surface area (Å²) in [4.78, 5) is 18.1. The van der Waals surface area contributed by atoms with Crippen LogP contribution in [0.25, 0.3) is 10.6 Å². The van der Waals surface area contributed by atoms with Crippen molar-refractivity contribution < 1.29 is 4.79 Å². The summed E-state index contributed by atoms with van der Waals surface area (Å²) < 4.78 is 0. The van der Waals surface area contributed by atoms with Crippen molar-refractivity contribution in [3.63, 3.8) is 0 Å². The molecule has 108 valence electrons. The first-order valence-electron chi connectivity index (χ1n) is 7.69. The quantitative estimate of drug-likeness (QED) is 0.929. The Kier molecular flexibility index (Phi) is 3.26. The van der Waals surface area contributed by atoms with E-state index in [1.807, 2.05) is 29.5 Å². The van der Waals surface area contributed by atoms with Crippen molar-refractivity contribution in [3.8, 4) is 10.6 Å². The fraction of sp³-hybridized carbons (Fsp3) is 0.412. The van der Waals surface area contributed by atoms with E-state index in [4.69, 9.17) is 4.98 Å². The fourth-order valence-electron chi connectivity index (χ4n) is 2.80. The minimum absolute atomic E-state index is 0.158. The standard InChI is InChI=1S/C17H18N2OS/c20-16(11-8-9-11)18-13-5-3-4-12(10-13)17-19-14-6-1-2-7-15(14)21-17/h3-5,10-11H,1-2,6-9H2,(H,18,20). The molecular weight excluding hydrogens is 280 g/mol. The number of rotatable bonds is 3. The molecule has 1 aromatic heterocycles. The van der Waals surface area contributed by atoms with E-state index in [0.717, 1.165) is 35.5 Å². The lowest BCUT2D eigenvalue weighted by molar-refractivity contribution is -0.117. The van der Waals surface area contributed by atoms with Crippen molar-refractivity contribution in [2.24, 2.45) is 5.92 Å². The van der Waals surface area contributed by atoms with Crippen LogP contribution >= 0.6 is 11.3 Å². The average Bonchev–Trinajstić information content (AvgIpc) is 3.26. The molecule has 0 radical (unpaired) electrons. The van der Waals surface area contributed by atoms with Crippen molar-refractivity contribution in [1.29, 1.82) is 0 Å². The number of thiazole rings is 1. The summed E-state index contributed by atoms with van der Waals surface area (Å²) in [5.41, 5.74) is 3.29. The van der Waals surface area contributed by atoms with E-state index in [9.17, 15) is 4.79 Å². The molecule has 0 unspecified atom stereocenters. The van der Waals surface area contributed by atoms with Gasteiger partial charge in [0.15, 0.2) is 0 Å². The van der Waals surface area contributed by atoms with E-state index in [1.54, 1.807) is 0 Å². The molecule has 1 fully saturated rings.